The van der Waals surface area contributed by atoms with Gasteiger partial charge < -0.3 is 9.84 Å². The zero-order valence-electron chi connectivity index (χ0n) is 13.1. The van der Waals surface area contributed by atoms with Crippen molar-refractivity contribution in [3.63, 3.8) is 0 Å². The van der Waals surface area contributed by atoms with E-state index in [4.69, 9.17) is 9.84 Å². The highest BCUT2D eigenvalue weighted by Gasteiger charge is 2.12. The molecular formula is C19H14N2O3S. The number of hydrogen-bond acceptors (Lipinski definition) is 4. The molecule has 0 saturated carbocycles. The molecule has 0 aliphatic carbocycles. The van der Waals surface area contributed by atoms with Crippen LogP contribution in [-0.2, 0) is 11.2 Å². The summed E-state index contributed by atoms with van der Waals surface area (Å²) >= 11 is 1.44. The number of ether oxygens (including phenoxy) is 1. The third-order valence-corrected chi connectivity index (χ3v) is 4.63. The lowest BCUT2D eigenvalue weighted by Crippen LogP contribution is -2.02. The third-order valence-electron chi connectivity index (χ3n) is 3.74. The first-order valence-corrected chi connectivity index (χ1v) is 8.57. The summed E-state index contributed by atoms with van der Waals surface area (Å²) in [5, 5.41) is 10.8. The van der Waals surface area contributed by atoms with Gasteiger partial charge in [0.1, 0.15) is 11.5 Å². The van der Waals surface area contributed by atoms with Crippen molar-refractivity contribution in [1.29, 1.82) is 0 Å². The molecule has 0 saturated heterocycles. The Morgan fingerprint density at radius 1 is 1.08 bits per heavy atom. The quantitative estimate of drug-likeness (QED) is 0.576. The molecule has 2 aromatic heterocycles. The molecule has 0 atom stereocenters. The van der Waals surface area contributed by atoms with E-state index >= 15 is 0 Å². The van der Waals surface area contributed by atoms with Gasteiger partial charge in [0.05, 0.1) is 12.1 Å². The Hall–Kier alpha value is -3.12. The second-order valence-electron chi connectivity index (χ2n) is 5.52. The lowest BCUT2D eigenvalue weighted by molar-refractivity contribution is -0.136. The number of hydrogen-bond donors (Lipinski definition) is 1. The van der Waals surface area contributed by atoms with E-state index in [1.54, 1.807) is 0 Å². The van der Waals surface area contributed by atoms with Gasteiger partial charge in [0.15, 0.2) is 4.96 Å². The first kappa shape index (κ1) is 15.4. The van der Waals surface area contributed by atoms with Gasteiger partial charge in [-0.05, 0) is 36.4 Å². The molecule has 0 spiro atoms. The Morgan fingerprint density at radius 2 is 1.80 bits per heavy atom. The van der Waals surface area contributed by atoms with Crippen molar-refractivity contribution in [2.75, 3.05) is 0 Å². The summed E-state index contributed by atoms with van der Waals surface area (Å²) in [6.45, 7) is 0. The molecule has 0 amide bonds. The topological polar surface area (TPSA) is 63.8 Å². The highest BCUT2D eigenvalue weighted by Crippen LogP contribution is 2.27. The van der Waals surface area contributed by atoms with Gasteiger partial charge in [-0.15, -0.1) is 11.3 Å². The van der Waals surface area contributed by atoms with Crippen molar-refractivity contribution in [2.24, 2.45) is 0 Å². The van der Waals surface area contributed by atoms with Crippen LogP contribution in [0.15, 0.2) is 66.2 Å². The fourth-order valence-electron chi connectivity index (χ4n) is 2.57. The van der Waals surface area contributed by atoms with Gasteiger partial charge in [-0.25, -0.2) is 4.98 Å². The predicted octanol–water partition coefficient (Wildman–Crippen LogP) is 4.48. The highest BCUT2D eigenvalue weighted by molar-refractivity contribution is 7.15. The van der Waals surface area contributed by atoms with Gasteiger partial charge in [0.2, 0.25) is 0 Å². The Morgan fingerprint density at radius 3 is 2.52 bits per heavy atom. The zero-order valence-corrected chi connectivity index (χ0v) is 13.9. The largest absolute Gasteiger partial charge is 0.481 e. The van der Waals surface area contributed by atoms with Crippen LogP contribution in [0.2, 0.25) is 0 Å². The Kier molecular flexibility index (Phi) is 3.95. The number of aromatic nitrogens is 2. The number of para-hydroxylation sites is 1. The molecule has 25 heavy (non-hydrogen) atoms. The van der Waals surface area contributed by atoms with Crippen molar-refractivity contribution >= 4 is 22.3 Å². The fourth-order valence-corrected chi connectivity index (χ4v) is 3.44. The zero-order chi connectivity index (χ0) is 17.2. The number of benzene rings is 2. The van der Waals surface area contributed by atoms with Crippen molar-refractivity contribution in [1.82, 2.24) is 9.38 Å². The second kappa shape index (κ2) is 6.41. The van der Waals surface area contributed by atoms with Crippen LogP contribution in [0.25, 0.3) is 16.2 Å². The van der Waals surface area contributed by atoms with Crippen LogP contribution in [0.1, 0.15) is 5.69 Å². The van der Waals surface area contributed by atoms with Gasteiger partial charge in [-0.1, -0.05) is 18.2 Å². The second-order valence-corrected chi connectivity index (χ2v) is 6.35. The number of carbonyl (C=O) groups is 1. The molecule has 0 bridgehead atoms. The number of imidazole rings is 1. The van der Waals surface area contributed by atoms with Gasteiger partial charge in [0.25, 0.3) is 0 Å². The monoisotopic (exact) mass is 350 g/mol. The van der Waals surface area contributed by atoms with E-state index in [0.29, 0.717) is 0 Å². The molecule has 0 aliphatic rings. The Labute approximate surface area is 147 Å². The normalized spacial score (nSPS) is 10.9. The number of carboxylic acid groups (broad SMARTS) is 1. The number of carboxylic acids is 1. The SMILES string of the molecule is O=C(O)Cc1csc2nc(-c3ccc(Oc4ccccc4)cc3)cn12. The summed E-state index contributed by atoms with van der Waals surface area (Å²) in [4.78, 5) is 16.3. The summed E-state index contributed by atoms with van der Waals surface area (Å²) < 4.78 is 7.62. The molecule has 0 unspecified atom stereocenters. The molecule has 5 nitrogen and oxygen atoms in total. The van der Waals surface area contributed by atoms with Crippen LogP contribution in [0.5, 0.6) is 11.5 Å². The van der Waals surface area contributed by atoms with Crippen LogP contribution in [0.3, 0.4) is 0 Å². The summed E-state index contributed by atoms with van der Waals surface area (Å²) in [5.74, 6) is 0.691. The van der Waals surface area contributed by atoms with E-state index in [-0.39, 0.29) is 6.42 Å². The molecule has 4 rings (SSSR count). The van der Waals surface area contributed by atoms with Crippen molar-refractivity contribution in [2.45, 2.75) is 6.42 Å². The summed E-state index contributed by atoms with van der Waals surface area (Å²) in [7, 11) is 0. The van der Waals surface area contributed by atoms with Crippen molar-refractivity contribution in [3.8, 4) is 22.8 Å². The van der Waals surface area contributed by atoms with E-state index in [0.717, 1.165) is 33.4 Å². The van der Waals surface area contributed by atoms with Crippen LogP contribution in [-0.4, -0.2) is 20.5 Å². The van der Waals surface area contributed by atoms with Gasteiger partial charge in [0, 0.05) is 22.8 Å². The minimum atomic E-state index is -0.850. The maximum atomic E-state index is 10.9. The fraction of sp³-hybridized carbons (Fsp3) is 0.0526. The highest BCUT2D eigenvalue weighted by atomic mass is 32.1. The van der Waals surface area contributed by atoms with Crippen LogP contribution in [0.4, 0.5) is 0 Å². The number of nitrogens with zero attached hydrogens (tertiary/aromatic N) is 2. The average Bonchev–Trinajstić information content (AvgIpc) is 3.18. The maximum absolute atomic E-state index is 10.9. The van der Waals surface area contributed by atoms with Gasteiger partial charge in [-0.2, -0.15) is 0 Å². The molecule has 2 heterocycles. The first-order chi connectivity index (χ1) is 12.2. The van der Waals surface area contributed by atoms with Crippen molar-refractivity contribution in [3.05, 3.63) is 71.9 Å². The number of aliphatic carboxylic acids is 1. The van der Waals surface area contributed by atoms with Crippen LogP contribution < -0.4 is 4.74 Å². The Balaban J connectivity index is 1.58. The molecule has 0 fully saturated rings. The smallest absolute Gasteiger partial charge is 0.309 e. The number of rotatable bonds is 5. The molecule has 4 aromatic rings. The molecule has 0 radical (unpaired) electrons. The van der Waals surface area contributed by atoms with E-state index < -0.39 is 5.97 Å². The summed E-state index contributed by atoms with van der Waals surface area (Å²) in [6.07, 6.45) is 1.86. The first-order valence-electron chi connectivity index (χ1n) is 7.69. The molecule has 124 valence electrons. The average molecular weight is 350 g/mol. The lowest BCUT2D eigenvalue weighted by atomic mass is 10.1. The number of fused-ring (bicyclic) bond motifs is 1. The molecule has 0 aliphatic heterocycles. The molecule has 6 heteroatoms. The molecule has 2 aromatic carbocycles. The van der Waals surface area contributed by atoms with E-state index in [9.17, 15) is 4.79 Å². The van der Waals surface area contributed by atoms with Crippen molar-refractivity contribution < 1.29 is 14.6 Å². The van der Waals surface area contributed by atoms with E-state index in [1.165, 1.54) is 11.3 Å². The van der Waals surface area contributed by atoms with Gasteiger partial charge >= 0.3 is 5.97 Å². The Bertz CT molecular complexity index is 1020. The lowest BCUT2D eigenvalue weighted by Gasteiger charge is -2.05. The molecular weight excluding hydrogens is 336 g/mol. The van der Waals surface area contributed by atoms with E-state index in [2.05, 4.69) is 4.98 Å². The maximum Gasteiger partial charge on any atom is 0.309 e. The van der Waals surface area contributed by atoms with Crippen LogP contribution in [0, 0.1) is 0 Å². The van der Waals surface area contributed by atoms with Gasteiger partial charge in [-0.3, -0.25) is 9.20 Å². The minimum absolute atomic E-state index is 0.0142. The molecule has 1 N–H and O–H groups in total. The predicted molar refractivity (Wildman–Crippen MR) is 96.4 cm³/mol. The van der Waals surface area contributed by atoms with E-state index in [1.807, 2.05) is 70.6 Å². The summed E-state index contributed by atoms with van der Waals surface area (Å²) in [5.41, 5.74) is 2.50. The number of thiazole rings is 1. The van der Waals surface area contributed by atoms with Crippen LogP contribution >= 0.6 is 11.3 Å². The summed E-state index contributed by atoms with van der Waals surface area (Å²) in [6, 6.07) is 17.3. The third kappa shape index (κ3) is 3.25. The minimum Gasteiger partial charge on any atom is -0.481 e. The standard InChI is InChI=1S/C19H14N2O3S/c22-18(23)10-14-12-25-19-20-17(11-21(14)19)13-6-8-16(9-7-13)24-15-4-2-1-3-5-15/h1-9,11-12H,10H2,(H,22,23).